The summed E-state index contributed by atoms with van der Waals surface area (Å²) < 4.78 is 24.9. The first-order valence-corrected chi connectivity index (χ1v) is 8.86. The SMILES string of the molecule is CCOC1CC(N)(C(=O)N2CCOC(c3cccc(F)c3)C2)C1(C)C. The molecule has 3 unspecified atom stereocenters. The minimum absolute atomic E-state index is 0.00786. The molecular weight excluding hydrogens is 323 g/mol. The number of nitrogens with zero attached hydrogens (tertiary/aromatic N) is 1. The Hall–Kier alpha value is -1.50. The largest absolute Gasteiger partial charge is 0.378 e. The van der Waals surface area contributed by atoms with E-state index >= 15 is 0 Å². The van der Waals surface area contributed by atoms with Crippen LogP contribution in [0.5, 0.6) is 0 Å². The Labute approximate surface area is 148 Å². The number of nitrogens with two attached hydrogens (primary N) is 1. The highest BCUT2D eigenvalue weighted by Crippen LogP contribution is 2.50. The minimum atomic E-state index is -0.934. The molecule has 0 spiro atoms. The lowest BCUT2D eigenvalue weighted by Crippen LogP contribution is -2.76. The first-order valence-electron chi connectivity index (χ1n) is 8.86. The van der Waals surface area contributed by atoms with Crippen LogP contribution in [-0.4, -0.2) is 48.8 Å². The van der Waals surface area contributed by atoms with E-state index in [0.29, 0.717) is 32.7 Å². The van der Waals surface area contributed by atoms with Crippen LogP contribution in [0.3, 0.4) is 0 Å². The van der Waals surface area contributed by atoms with Crippen LogP contribution >= 0.6 is 0 Å². The van der Waals surface area contributed by atoms with Gasteiger partial charge in [-0.1, -0.05) is 26.0 Å². The number of morpholine rings is 1. The van der Waals surface area contributed by atoms with E-state index in [1.54, 1.807) is 11.0 Å². The molecule has 1 saturated heterocycles. The fourth-order valence-electron chi connectivity index (χ4n) is 3.82. The zero-order valence-corrected chi connectivity index (χ0v) is 15.1. The van der Waals surface area contributed by atoms with Crippen molar-refractivity contribution in [3.63, 3.8) is 0 Å². The summed E-state index contributed by atoms with van der Waals surface area (Å²) in [6.07, 6.45) is 0.184. The Morgan fingerprint density at radius 1 is 1.48 bits per heavy atom. The molecule has 1 amide bonds. The van der Waals surface area contributed by atoms with E-state index in [9.17, 15) is 9.18 Å². The molecule has 3 rings (SSSR count). The third-order valence-electron chi connectivity index (χ3n) is 5.79. The lowest BCUT2D eigenvalue weighted by atomic mass is 9.54. The molecule has 1 aromatic carbocycles. The third kappa shape index (κ3) is 3.07. The van der Waals surface area contributed by atoms with Gasteiger partial charge in [-0.05, 0) is 24.6 Å². The zero-order valence-electron chi connectivity index (χ0n) is 15.1. The molecule has 5 nitrogen and oxygen atoms in total. The van der Waals surface area contributed by atoms with E-state index in [1.807, 2.05) is 26.8 Å². The van der Waals surface area contributed by atoms with Gasteiger partial charge in [-0.3, -0.25) is 4.79 Å². The van der Waals surface area contributed by atoms with Crippen molar-refractivity contribution in [2.24, 2.45) is 11.1 Å². The molecule has 25 heavy (non-hydrogen) atoms. The lowest BCUT2D eigenvalue weighted by molar-refractivity contribution is -0.184. The van der Waals surface area contributed by atoms with Crippen LogP contribution in [-0.2, 0) is 14.3 Å². The van der Waals surface area contributed by atoms with Gasteiger partial charge in [-0.25, -0.2) is 4.39 Å². The normalized spacial score (nSPS) is 31.5. The van der Waals surface area contributed by atoms with Crippen molar-refractivity contribution in [3.8, 4) is 0 Å². The molecular formula is C19H27FN2O3. The van der Waals surface area contributed by atoms with E-state index < -0.39 is 11.0 Å². The Morgan fingerprint density at radius 2 is 2.24 bits per heavy atom. The van der Waals surface area contributed by atoms with Gasteiger partial charge < -0.3 is 20.1 Å². The van der Waals surface area contributed by atoms with Crippen molar-refractivity contribution in [3.05, 3.63) is 35.6 Å². The van der Waals surface area contributed by atoms with Crippen molar-refractivity contribution >= 4 is 5.91 Å². The maximum Gasteiger partial charge on any atom is 0.243 e. The van der Waals surface area contributed by atoms with Crippen LogP contribution in [0.1, 0.15) is 38.9 Å². The van der Waals surface area contributed by atoms with Gasteiger partial charge in [-0.15, -0.1) is 0 Å². The standard InChI is InChI=1S/C19H27FN2O3/c1-4-24-16-11-19(21,18(16,2)3)17(23)22-8-9-25-15(12-22)13-6-5-7-14(20)10-13/h5-7,10,15-16H,4,8-9,11-12,21H2,1-3H3. The highest BCUT2D eigenvalue weighted by Gasteiger charge is 2.63. The molecule has 1 saturated carbocycles. The van der Waals surface area contributed by atoms with Crippen LogP contribution in [0.25, 0.3) is 0 Å². The number of benzene rings is 1. The van der Waals surface area contributed by atoms with E-state index in [0.717, 1.165) is 5.56 Å². The third-order valence-corrected chi connectivity index (χ3v) is 5.79. The van der Waals surface area contributed by atoms with Crippen molar-refractivity contribution in [2.75, 3.05) is 26.3 Å². The quantitative estimate of drug-likeness (QED) is 0.905. The molecule has 0 radical (unpaired) electrons. The van der Waals surface area contributed by atoms with Crippen molar-refractivity contribution in [1.82, 2.24) is 4.90 Å². The van der Waals surface area contributed by atoms with E-state index in [-0.39, 0.29) is 23.9 Å². The molecule has 2 N–H and O–H groups in total. The highest BCUT2D eigenvalue weighted by molar-refractivity contribution is 5.89. The molecule has 2 aliphatic rings. The second kappa shape index (κ2) is 6.67. The summed E-state index contributed by atoms with van der Waals surface area (Å²) in [5.41, 5.74) is 5.89. The average Bonchev–Trinajstić information content (AvgIpc) is 2.61. The lowest BCUT2D eigenvalue weighted by Gasteiger charge is -2.59. The van der Waals surface area contributed by atoms with Gasteiger partial charge in [0.05, 0.1) is 19.3 Å². The molecule has 2 fully saturated rings. The van der Waals surface area contributed by atoms with Crippen molar-refractivity contribution < 1.29 is 18.7 Å². The van der Waals surface area contributed by atoms with Gasteiger partial charge in [0.1, 0.15) is 17.5 Å². The summed E-state index contributed by atoms with van der Waals surface area (Å²) in [6, 6.07) is 6.32. The Balaban J connectivity index is 1.72. The number of hydrogen-bond donors (Lipinski definition) is 1. The Morgan fingerprint density at radius 3 is 2.88 bits per heavy atom. The predicted octanol–water partition coefficient (Wildman–Crippen LogP) is 2.26. The molecule has 1 aliphatic heterocycles. The molecule has 138 valence electrons. The number of rotatable bonds is 4. The van der Waals surface area contributed by atoms with Crippen molar-refractivity contribution in [1.29, 1.82) is 0 Å². The van der Waals surface area contributed by atoms with Gasteiger partial charge in [0.2, 0.25) is 5.91 Å². The summed E-state index contributed by atoms with van der Waals surface area (Å²) in [5, 5.41) is 0. The van der Waals surface area contributed by atoms with E-state index in [4.69, 9.17) is 15.2 Å². The average molecular weight is 350 g/mol. The molecule has 1 aliphatic carbocycles. The maximum absolute atomic E-state index is 13.5. The maximum atomic E-state index is 13.5. The van der Waals surface area contributed by atoms with Crippen molar-refractivity contribution in [2.45, 2.75) is 44.9 Å². The number of carbonyl (C=O) groups excluding carboxylic acids is 1. The van der Waals surface area contributed by atoms with Gasteiger partial charge in [-0.2, -0.15) is 0 Å². The number of amides is 1. The van der Waals surface area contributed by atoms with Gasteiger partial charge in [0, 0.05) is 25.0 Å². The Kier molecular flexibility index (Phi) is 4.88. The van der Waals surface area contributed by atoms with Crippen LogP contribution < -0.4 is 5.73 Å². The van der Waals surface area contributed by atoms with Crippen LogP contribution in [0.2, 0.25) is 0 Å². The fourth-order valence-corrected chi connectivity index (χ4v) is 3.82. The predicted molar refractivity (Wildman–Crippen MR) is 92.4 cm³/mol. The topological polar surface area (TPSA) is 64.8 Å². The molecule has 3 atom stereocenters. The molecule has 0 bridgehead atoms. The summed E-state index contributed by atoms with van der Waals surface area (Å²) in [4.78, 5) is 14.9. The summed E-state index contributed by atoms with van der Waals surface area (Å²) in [7, 11) is 0. The highest BCUT2D eigenvalue weighted by atomic mass is 19.1. The number of ether oxygens (including phenoxy) is 2. The molecule has 6 heteroatoms. The monoisotopic (exact) mass is 350 g/mol. The number of halogens is 1. The van der Waals surface area contributed by atoms with Gasteiger partial charge >= 0.3 is 0 Å². The van der Waals surface area contributed by atoms with Gasteiger partial charge in [0.15, 0.2) is 0 Å². The van der Waals surface area contributed by atoms with Crippen LogP contribution in [0, 0.1) is 11.2 Å². The smallest absolute Gasteiger partial charge is 0.243 e. The summed E-state index contributed by atoms with van der Waals surface area (Å²) in [6.45, 7) is 7.82. The van der Waals surface area contributed by atoms with Crippen LogP contribution in [0.15, 0.2) is 24.3 Å². The zero-order chi connectivity index (χ0) is 18.2. The first-order chi connectivity index (χ1) is 11.8. The fraction of sp³-hybridized carbons (Fsp3) is 0.632. The molecule has 1 heterocycles. The first kappa shape index (κ1) is 18.3. The van der Waals surface area contributed by atoms with Crippen LogP contribution in [0.4, 0.5) is 4.39 Å². The number of hydrogen-bond acceptors (Lipinski definition) is 4. The molecule has 0 aromatic heterocycles. The second-order valence-corrected chi connectivity index (χ2v) is 7.51. The minimum Gasteiger partial charge on any atom is -0.378 e. The second-order valence-electron chi connectivity index (χ2n) is 7.51. The molecule has 1 aromatic rings. The Bertz CT molecular complexity index is 651. The summed E-state index contributed by atoms with van der Waals surface area (Å²) >= 11 is 0. The van der Waals surface area contributed by atoms with Gasteiger partial charge in [0.25, 0.3) is 0 Å². The number of carbonyl (C=O) groups is 1. The van der Waals surface area contributed by atoms with E-state index in [2.05, 4.69) is 0 Å². The summed E-state index contributed by atoms with van der Waals surface area (Å²) in [5.74, 6) is -0.377. The van der Waals surface area contributed by atoms with E-state index in [1.165, 1.54) is 12.1 Å².